The molecule has 0 saturated heterocycles. The lowest BCUT2D eigenvalue weighted by Crippen LogP contribution is -2.23. The van der Waals surface area contributed by atoms with Crippen molar-refractivity contribution < 1.29 is 13.9 Å². The Morgan fingerprint density at radius 1 is 1.28 bits per heavy atom. The molecule has 0 aliphatic heterocycles. The van der Waals surface area contributed by atoms with Gasteiger partial charge in [-0.05, 0) is 31.4 Å². The number of hydrogen-bond acceptors (Lipinski definition) is 3. The molecule has 1 N–H and O–H groups in total. The average Bonchev–Trinajstić information content (AvgIpc) is 3.20. The molecule has 4 heteroatoms. The second kappa shape index (κ2) is 5.57. The summed E-state index contributed by atoms with van der Waals surface area (Å²) in [5.74, 6) is 1.32. The van der Waals surface area contributed by atoms with Gasteiger partial charge in [-0.15, -0.1) is 0 Å². The van der Waals surface area contributed by atoms with Crippen LogP contribution in [0.3, 0.4) is 0 Å². The van der Waals surface area contributed by atoms with Crippen LogP contribution in [0.2, 0.25) is 0 Å². The molecule has 1 aliphatic carbocycles. The van der Waals surface area contributed by atoms with Gasteiger partial charge >= 0.3 is 0 Å². The molecule has 100 valence electrons. The van der Waals surface area contributed by atoms with Crippen molar-refractivity contribution in [3.63, 3.8) is 0 Å². The first-order valence-electron chi connectivity index (χ1n) is 6.36. The summed E-state index contributed by atoms with van der Waals surface area (Å²) in [6, 6.07) is 3.23. The molecule has 1 aromatic carbocycles. The molecule has 3 nitrogen and oxygen atoms in total. The number of ether oxygens (including phenoxy) is 2. The van der Waals surface area contributed by atoms with Gasteiger partial charge in [0.25, 0.3) is 0 Å². The van der Waals surface area contributed by atoms with Gasteiger partial charge in [0.1, 0.15) is 5.82 Å². The summed E-state index contributed by atoms with van der Waals surface area (Å²) in [5.41, 5.74) is 0.678. The second-order valence-electron chi connectivity index (χ2n) is 4.60. The largest absolute Gasteiger partial charge is 0.493 e. The normalized spacial score (nSPS) is 16.4. The Labute approximate surface area is 107 Å². The predicted octanol–water partition coefficient (Wildman–Crippen LogP) is 2.90. The van der Waals surface area contributed by atoms with Crippen LogP contribution in [0, 0.1) is 11.7 Å². The van der Waals surface area contributed by atoms with E-state index in [-0.39, 0.29) is 11.9 Å². The SMILES string of the molecule is CCNC(c1cc(OC)c(OC)cc1F)C1CC1. The summed E-state index contributed by atoms with van der Waals surface area (Å²) in [7, 11) is 3.08. The highest BCUT2D eigenvalue weighted by atomic mass is 19.1. The third kappa shape index (κ3) is 2.58. The highest BCUT2D eigenvalue weighted by Crippen LogP contribution is 2.43. The molecule has 1 aliphatic rings. The van der Waals surface area contributed by atoms with E-state index in [1.54, 1.807) is 13.2 Å². The molecule has 0 radical (unpaired) electrons. The van der Waals surface area contributed by atoms with E-state index < -0.39 is 0 Å². The lowest BCUT2D eigenvalue weighted by atomic mass is 10.0. The van der Waals surface area contributed by atoms with Gasteiger partial charge < -0.3 is 14.8 Å². The molecule has 0 heterocycles. The molecular formula is C14H20FNO2. The highest BCUT2D eigenvalue weighted by Gasteiger charge is 2.33. The van der Waals surface area contributed by atoms with Gasteiger partial charge in [0.05, 0.1) is 14.2 Å². The van der Waals surface area contributed by atoms with Crippen molar-refractivity contribution in [2.24, 2.45) is 5.92 Å². The van der Waals surface area contributed by atoms with E-state index in [0.717, 1.165) is 19.4 Å². The molecule has 1 saturated carbocycles. The van der Waals surface area contributed by atoms with Crippen molar-refractivity contribution in [2.45, 2.75) is 25.8 Å². The lowest BCUT2D eigenvalue weighted by molar-refractivity contribution is 0.349. The zero-order valence-corrected chi connectivity index (χ0v) is 11.1. The van der Waals surface area contributed by atoms with Crippen LogP contribution in [0.25, 0.3) is 0 Å². The maximum Gasteiger partial charge on any atom is 0.163 e. The molecule has 1 atom stereocenters. The number of nitrogens with one attached hydrogen (secondary N) is 1. The lowest BCUT2D eigenvalue weighted by Gasteiger charge is -2.20. The average molecular weight is 253 g/mol. The second-order valence-corrected chi connectivity index (χ2v) is 4.60. The van der Waals surface area contributed by atoms with Crippen LogP contribution >= 0.6 is 0 Å². The van der Waals surface area contributed by atoms with E-state index in [2.05, 4.69) is 5.32 Å². The summed E-state index contributed by atoms with van der Waals surface area (Å²) >= 11 is 0. The van der Waals surface area contributed by atoms with E-state index in [0.29, 0.717) is 23.0 Å². The van der Waals surface area contributed by atoms with E-state index in [4.69, 9.17) is 9.47 Å². The quantitative estimate of drug-likeness (QED) is 0.845. The van der Waals surface area contributed by atoms with Crippen molar-refractivity contribution in [1.82, 2.24) is 5.32 Å². The smallest absolute Gasteiger partial charge is 0.163 e. The highest BCUT2D eigenvalue weighted by molar-refractivity contribution is 5.45. The molecule has 0 bridgehead atoms. The fourth-order valence-corrected chi connectivity index (χ4v) is 2.29. The van der Waals surface area contributed by atoms with Crippen LogP contribution in [-0.4, -0.2) is 20.8 Å². The number of benzene rings is 1. The fourth-order valence-electron chi connectivity index (χ4n) is 2.29. The first-order chi connectivity index (χ1) is 8.71. The van der Waals surface area contributed by atoms with Gasteiger partial charge in [0, 0.05) is 17.7 Å². The number of hydrogen-bond donors (Lipinski definition) is 1. The fraction of sp³-hybridized carbons (Fsp3) is 0.571. The van der Waals surface area contributed by atoms with Crippen LogP contribution in [0.1, 0.15) is 31.4 Å². The molecule has 1 fully saturated rings. The molecule has 0 amide bonds. The van der Waals surface area contributed by atoms with Crippen molar-refractivity contribution >= 4 is 0 Å². The summed E-state index contributed by atoms with van der Waals surface area (Å²) in [6.45, 7) is 2.86. The first kappa shape index (κ1) is 13.1. The van der Waals surface area contributed by atoms with Gasteiger partial charge in [-0.2, -0.15) is 0 Å². The Hall–Kier alpha value is -1.29. The minimum atomic E-state index is -0.231. The maximum absolute atomic E-state index is 14.1. The van der Waals surface area contributed by atoms with Crippen LogP contribution < -0.4 is 14.8 Å². The monoisotopic (exact) mass is 253 g/mol. The Kier molecular flexibility index (Phi) is 4.07. The molecule has 1 unspecified atom stereocenters. The zero-order valence-electron chi connectivity index (χ0n) is 11.1. The topological polar surface area (TPSA) is 30.5 Å². The van der Waals surface area contributed by atoms with Crippen LogP contribution in [-0.2, 0) is 0 Å². The molecule has 0 aromatic heterocycles. The van der Waals surface area contributed by atoms with Gasteiger partial charge in [-0.3, -0.25) is 0 Å². The predicted molar refractivity (Wildman–Crippen MR) is 68.6 cm³/mol. The molecule has 1 aromatic rings. The van der Waals surface area contributed by atoms with Crippen molar-refractivity contribution in [1.29, 1.82) is 0 Å². The Morgan fingerprint density at radius 3 is 2.39 bits per heavy atom. The summed E-state index contributed by atoms with van der Waals surface area (Å²) in [4.78, 5) is 0. The minimum Gasteiger partial charge on any atom is -0.493 e. The molecule has 0 spiro atoms. The molecule has 18 heavy (non-hydrogen) atoms. The number of rotatable bonds is 6. The van der Waals surface area contributed by atoms with E-state index >= 15 is 0 Å². The third-order valence-electron chi connectivity index (χ3n) is 3.36. The summed E-state index contributed by atoms with van der Waals surface area (Å²) in [5, 5.41) is 3.35. The van der Waals surface area contributed by atoms with Gasteiger partial charge in [-0.25, -0.2) is 4.39 Å². The molecule has 2 rings (SSSR count). The van der Waals surface area contributed by atoms with Crippen molar-refractivity contribution in [3.8, 4) is 11.5 Å². The first-order valence-corrected chi connectivity index (χ1v) is 6.36. The van der Waals surface area contributed by atoms with Crippen LogP contribution in [0.5, 0.6) is 11.5 Å². The Morgan fingerprint density at radius 2 is 1.89 bits per heavy atom. The van der Waals surface area contributed by atoms with Crippen molar-refractivity contribution in [2.75, 3.05) is 20.8 Å². The van der Waals surface area contributed by atoms with E-state index in [9.17, 15) is 4.39 Å². The minimum absolute atomic E-state index is 0.0785. The van der Waals surface area contributed by atoms with Gasteiger partial charge in [0.15, 0.2) is 11.5 Å². The van der Waals surface area contributed by atoms with Gasteiger partial charge in [-0.1, -0.05) is 6.92 Å². The number of halogens is 1. The summed E-state index contributed by atoms with van der Waals surface area (Å²) in [6.07, 6.45) is 2.32. The van der Waals surface area contributed by atoms with E-state index in [1.807, 2.05) is 6.92 Å². The van der Waals surface area contributed by atoms with Crippen LogP contribution in [0.15, 0.2) is 12.1 Å². The van der Waals surface area contributed by atoms with Gasteiger partial charge in [0.2, 0.25) is 0 Å². The van der Waals surface area contributed by atoms with E-state index in [1.165, 1.54) is 13.2 Å². The maximum atomic E-state index is 14.1. The molecular weight excluding hydrogens is 233 g/mol. The van der Waals surface area contributed by atoms with Crippen LogP contribution in [0.4, 0.5) is 4.39 Å². The third-order valence-corrected chi connectivity index (χ3v) is 3.36. The summed E-state index contributed by atoms with van der Waals surface area (Å²) < 4.78 is 24.5. The standard InChI is InChI=1S/C14H20FNO2/c1-4-16-14(9-5-6-9)10-7-12(17-2)13(18-3)8-11(10)15/h7-9,14,16H,4-6H2,1-3H3. The number of methoxy groups -OCH3 is 2. The zero-order chi connectivity index (χ0) is 13.1. The Balaban J connectivity index is 2.35. The van der Waals surface area contributed by atoms with Crippen molar-refractivity contribution in [3.05, 3.63) is 23.5 Å². The Bertz CT molecular complexity index is 419.